The minimum Gasteiger partial charge on any atom is -0.456 e. The van der Waals surface area contributed by atoms with Gasteiger partial charge in [0.15, 0.2) is 0 Å². The average molecular weight is 256 g/mol. The zero-order valence-electron chi connectivity index (χ0n) is 11.3. The van der Waals surface area contributed by atoms with E-state index in [-0.39, 0.29) is 5.97 Å². The van der Waals surface area contributed by atoms with Crippen molar-refractivity contribution < 1.29 is 9.53 Å². The lowest BCUT2D eigenvalue weighted by Gasteiger charge is -2.20. The zero-order chi connectivity index (χ0) is 13.9. The molecule has 0 atom stereocenters. The van der Waals surface area contributed by atoms with E-state index >= 15 is 0 Å². The van der Waals surface area contributed by atoms with E-state index < -0.39 is 5.60 Å². The van der Waals surface area contributed by atoms with Crippen molar-refractivity contribution in [1.82, 2.24) is 9.97 Å². The van der Waals surface area contributed by atoms with Crippen molar-refractivity contribution in [3.63, 3.8) is 0 Å². The van der Waals surface area contributed by atoms with Crippen molar-refractivity contribution in [3.05, 3.63) is 48.4 Å². The van der Waals surface area contributed by atoms with Crippen LogP contribution < -0.4 is 0 Å². The van der Waals surface area contributed by atoms with E-state index in [0.29, 0.717) is 11.3 Å². The van der Waals surface area contributed by atoms with Crippen molar-refractivity contribution in [2.45, 2.75) is 26.4 Å². The average Bonchev–Trinajstić information content (AvgIpc) is 2.38. The Hall–Kier alpha value is -2.23. The summed E-state index contributed by atoms with van der Waals surface area (Å²) in [5, 5.41) is 0. The highest BCUT2D eigenvalue weighted by Gasteiger charge is 2.21. The second kappa shape index (κ2) is 5.18. The summed E-state index contributed by atoms with van der Waals surface area (Å²) < 4.78 is 5.39. The molecule has 0 aliphatic carbocycles. The van der Waals surface area contributed by atoms with E-state index in [9.17, 15) is 4.79 Å². The highest BCUT2D eigenvalue weighted by Crippen LogP contribution is 2.22. The van der Waals surface area contributed by atoms with Gasteiger partial charge in [0.05, 0.1) is 11.3 Å². The molecule has 0 amide bonds. The van der Waals surface area contributed by atoms with Crippen molar-refractivity contribution in [1.29, 1.82) is 0 Å². The number of rotatable bonds is 2. The highest BCUT2D eigenvalue weighted by atomic mass is 16.6. The van der Waals surface area contributed by atoms with Crippen LogP contribution in [0.25, 0.3) is 11.3 Å². The summed E-state index contributed by atoms with van der Waals surface area (Å²) in [6.45, 7) is 5.52. The Balaban J connectivity index is 2.40. The topological polar surface area (TPSA) is 52.1 Å². The van der Waals surface area contributed by atoms with Crippen LogP contribution >= 0.6 is 0 Å². The Bertz CT molecular complexity index is 574. The third kappa shape index (κ3) is 3.37. The number of aromatic nitrogens is 2. The number of pyridine rings is 2. The summed E-state index contributed by atoms with van der Waals surface area (Å²) in [5.74, 6) is -0.368. The molecule has 0 bridgehead atoms. The monoisotopic (exact) mass is 256 g/mol. The standard InChI is InChI=1S/C15H16N2O2/c1-15(2,3)19-14(18)12-5-4-8-17-13(12)11-6-9-16-10-7-11/h4-10H,1-3H3. The lowest BCUT2D eigenvalue weighted by atomic mass is 10.1. The fourth-order valence-corrected chi connectivity index (χ4v) is 1.64. The Kier molecular flexibility index (Phi) is 3.60. The first kappa shape index (κ1) is 13.2. The number of carbonyl (C=O) groups excluding carboxylic acids is 1. The summed E-state index contributed by atoms with van der Waals surface area (Å²) >= 11 is 0. The Morgan fingerprint density at radius 1 is 1.11 bits per heavy atom. The molecule has 4 nitrogen and oxygen atoms in total. The van der Waals surface area contributed by atoms with Crippen LogP contribution in [0.4, 0.5) is 0 Å². The normalized spacial score (nSPS) is 11.1. The fraction of sp³-hybridized carbons (Fsp3) is 0.267. The van der Waals surface area contributed by atoms with E-state index in [2.05, 4.69) is 9.97 Å². The SMILES string of the molecule is CC(C)(C)OC(=O)c1cccnc1-c1ccncc1. The van der Waals surface area contributed by atoms with Gasteiger partial charge < -0.3 is 4.74 Å². The van der Waals surface area contributed by atoms with Crippen LogP contribution in [0, 0.1) is 0 Å². The maximum absolute atomic E-state index is 12.2. The van der Waals surface area contributed by atoms with Gasteiger partial charge in [0.1, 0.15) is 5.60 Å². The van der Waals surface area contributed by atoms with Crippen molar-refractivity contribution >= 4 is 5.97 Å². The van der Waals surface area contributed by atoms with E-state index in [1.165, 1.54) is 0 Å². The van der Waals surface area contributed by atoms with Gasteiger partial charge in [-0.1, -0.05) is 0 Å². The molecular formula is C15H16N2O2. The number of esters is 1. The molecule has 0 saturated heterocycles. The highest BCUT2D eigenvalue weighted by molar-refractivity contribution is 5.96. The largest absolute Gasteiger partial charge is 0.456 e. The second-order valence-corrected chi connectivity index (χ2v) is 5.14. The lowest BCUT2D eigenvalue weighted by molar-refractivity contribution is 0.00701. The van der Waals surface area contributed by atoms with Crippen LogP contribution in [0.1, 0.15) is 31.1 Å². The van der Waals surface area contributed by atoms with Crippen LogP contribution in [0.5, 0.6) is 0 Å². The Morgan fingerprint density at radius 3 is 2.42 bits per heavy atom. The number of ether oxygens (including phenoxy) is 1. The number of hydrogen-bond donors (Lipinski definition) is 0. The third-order valence-corrected chi connectivity index (χ3v) is 2.38. The lowest BCUT2D eigenvalue weighted by Crippen LogP contribution is -2.24. The van der Waals surface area contributed by atoms with Crippen LogP contribution in [-0.2, 0) is 4.74 Å². The first-order valence-corrected chi connectivity index (χ1v) is 6.06. The molecule has 98 valence electrons. The number of nitrogens with zero attached hydrogens (tertiary/aromatic N) is 2. The molecule has 0 spiro atoms. The molecule has 0 aliphatic heterocycles. The van der Waals surface area contributed by atoms with E-state index in [0.717, 1.165) is 5.56 Å². The molecule has 0 aromatic carbocycles. The van der Waals surface area contributed by atoms with Crippen LogP contribution in [0.3, 0.4) is 0 Å². The predicted octanol–water partition coefficient (Wildman–Crippen LogP) is 3.10. The minimum absolute atomic E-state index is 0.368. The van der Waals surface area contributed by atoms with E-state index in [1.807, 2.05) is 32.9 Å². The van der Waals surface area contributed by atoms with Gasteiger partial charge in [0.25, 0.3) is 0 Å². The first-order valence-electron chi connectivity index (χ1n) is 6.06. The van der Waals surface area contributed by atoms with Gasteiger partial charge in [0.2, 0.25) is 0 Å². The summed E-state index contributed by atoms with van der Waals surface area (Å²) in [5.41, 5.74) is 1.39. The van der Waals surface area contributed by atoms with Gasteiger partial charge in [0, 0.05) is 24.2 Å². The van der Waals surface area contributed by atoms with Gasteiger partial charge in [-0.15, -0.1) is 0 Å². The molecule has 0 aliphatic rings. The Labute approximate surface area is 112 Å². The van der Waals surface area contributed by atoms with Crippen molar-refractivity contribution in [3.8, 4) is 11.3 Å². The molecule has 2 heterocycles. The molecule has 0 fully saturated rings. The number of hydrogen-bond acceptors (Lipinski definition) is 4. The smallest absolute Gasteiger partial charge is 0.340 e. The molecule has 2 aromatic heterocycles. The summed E-state index contributed by atoms with van der Waals surface area (Å²) in [7, 11) is 0. The minimum atomic E-state index is -0.525. The maximum atomic E-state index is 12.2. The molecule has 2 aromatic rings. The summed E-state index contributed by atoms with van der Waals surface area (Å²) in [6.07, 6.45) is 5.00. The van der Waals surface area contributed by atoms with Crippen LogP contribution in [0.2, 0.25) is 0 Å². The molecule has 4 heteroatoms. The number of carbonyl (C=O) groups is 1. The van der Waals surface area contributed by atoms with Gasteiger partial charge in [-0.2, -0.15) is 0 Å². The van der Waals surface area contributed by atoms with Crippen molar-refractivity contribution in [2.24, 2.45) is 0 Å². The first-order chi connectivity index (χ1) is 8.97. The fourth-order valence-electron chi connectivity index (χ4n) is 1.64. The molecule has 0 radical (unpaired) electrons. The van der Waals surface area contributed by atoms with Crippen LogP contribution in [0.15, 0.2) is 42.9 Å². The molecule has 19 heavy (non-hydrogen) atoms. The third-order valence-electron chi connectivity index (χ3n) is 2.38. The Morgan fingerprint density at radius 2 is 1.79 bits per heavy atom. The molecule has 2 rings (SSSR count). The molecule has 0 N–H and O–H groups in total. The van der Waals surface area contributed by atoms with E-state index in [4.69, 9.17) is 4.74 Å². The quantitative estimate of drug-likeness (QED) is 0.775. The molecule has 0 unspecified atom stereocenters. The zero-order valence-corrected chi connectivity index (χ0v) is 11.3. The second-order valence-electron chi connectivity index (χ2n) is 5.14. The van der Waals surface area contributed by atoms with Gasteiger partial charge in [-0.05, 0) is 45.0 Å². The predicted molar refractivity (Wildman–Crippen MR) is 72.6 cm³/mol. The van der Waals surface area contributed by atoms with Crippen LogP contribution in [-0.4, -0.2) is 21.5 Å². The van der Waals surface area contributed by atoms with E-state index in [1.54, 1.807) is 30.7 Å². The summed E-state index contributed by atoms with van der Waals surface area (Å²) in [6, 6.07) is 7.08. The van der Waals surface area contributed by atoms with Gasteiger partial charge in [-0.3, -0.25) is 9.97 Å². The molecule has 0 saturated carbocycles. The van der Waals surface area contributed by atoms with Crippen molar-refractivity contribution in [2.75, 3.05) is 0 Å². The molecular weight excluding hydrogens is 240 g/mol. The maximum Gasteiger partial charge on any atom is 0.340 e. The van der Waals surface area contributed by atoms with Gasteiger partial charge in [-0.25, -0.2) is 4.79 Å². The van der Waals surface area contributed by atoms with Gasteiger partial charge >= 0.3 is 5.97 Å². The summed E-state index contributed by atoms with van der Waals surface area (Å²) in [4.78, 5) is 20.4.